The molecule has 1 heterocycles. The molecule has 7 nitrogen and oxygen atoms in total. The van der Waals surface area contributed by atoms with Crippen LogP contribution in [0.3, 0.4) is 0 Å². The van der Waals surface area contributed by atoms with E-state index >= 15 is 0 Å². The third-order valence-electron chi connectivity index (χ3n) is 3.82. The lowest BCUT2D eigenvalue weighted by Crippen LogP contribution is -2.09. The number of amides is 1. The van der Waals surface area contributed by atoms with E-state index in [1.807, 2.05) is 30.3 Å². The average molecular weight is 364 g/mol. The molecule has 27 heavy (non-hydrogen) atoms. The summed E-state index contributed by atoms with van der Waals surface area (Å²) >= 11 is 0. The first kappa shape index (κ1) is 18.2. The maximum atomic E-state index is 12.2. The van der Waals surface area contributed by atoms with E-state index in [-0.39, 0.29) is 5.91 Å². The molecule has 0 bridgehead atoms. The zero-order chi connectivity index (χ0) is 19.1. The summed E-state index contributed by atoms with van der Waals surface area (Å²) in [6.07, 6.45) is 4.80. The molecule has 138 valence electrons. The van der Waals surface area contributed by atoms with Crippen molar-refractivity contribution in [3.05, 3.63) is 72.1 Å². The van der Waals surface area contributed by atoms with Crippen molar-refractivity contribution >= 4 is 17.7 Å². The van der Waals surface area contributed by atoms with Crippen LogP contribution >= 0.6 is 0 Å². The number of hydrogen-bond donors (Lipinski definition) is 1. The second-order valence-corrected chi connectivity index (χ2v) is 5.72. The van der Waals surface area contributed by atoms with Crippen molar-refractivity contribution in [1.29, 1.82) is 0 Å². The van der Waals surface area contributed by atoms with Gasteiger partial charge >= 0.3 is 0 Å². The van der Waals surface area contributed by atoms with Gasteiger partial charge in [-0.2, -0.15) is 0 Å². The lowest BCUT2D eigenvalue weighted by atomic mass is 10.2. The summed E-state index contributed by atoms with van der Waals surface area (Å²) in [7, 11) is 3.10. The SMILES string of the molecule is COc1ccc(NC(=O)/C=C/c2cn(Cc3ccccc3)nn2)c(OC)c1. The summed E-state index contributed by atoms with van der Waals surface area (Å²) in [6.45, 7) is 0.622. The fourth-order valence-electron chi connectivity index (χ4n) is 2.47. The first-order valence-electron chi connectivity index (χ1n) is 8.33. The van der Waals surface area contributed by atoms with Crippen LogP contribution in [0.1, 0.15) is 11.3 Å². The lowest BCUT2D eigenvalue weighted by molar-refractivity contribution is -0.111. The number of aromatic nitrogens is 3. The van der Waals surface area contributed by atoms with Crippen LogP contribution in [-0.4, -0.2) is 35.1 Å². The summed E-state index contributed by atoms with van der Waals surface area (Å²) in [5.74, 6) is 0.872. The maximum Gasteiger partial charge on any atom is 0.248 e. The Morgan fingerprint density at radius 1 is 1.15 bits per heavy atom. The van der Waals surface area contributed by atoms with Gasteiger partial charge in [0.15, 0.2) is 0 Å². The van der Waals surface area contributed by atoms with Crippen LogP contribution in [0.25, 0.3) is 6.08 Å². The van der Waals surface area contributed by atoms with Crippen molar-refractivity contribution in [1.82, 2.24) is 15.0 Å². The third-order valence-corrected chi connectivity index (χ3v) is 3.82. The Morgan fingerprint density at radius 3 is 2.70 bits per heavy atom. The molecule has 3 rings (SSSR count). The van der Waals surface area contributed by atoms with Gasteiger partial charge in [-0.15, -0.1) is 5.10 Å². The van der Waals surface area contributed by atoms with Gasteiger partial charge in [0.1, 0.15) is 17.2 Å². The molecule has 0 saturated heterocycles. The van der Waals surface area contributed by atoms with Gasteiger partial charge in [0.2, 0.25) is 5.91 Å². The first-order valence-corrected chi connectivity index (χ1v) is 8.33. The Balaban J connectivity index is 1.62. The highest BCUT2D eigenvalue weighted by molar-refractivity contribution is 6.02. The van der Waals surface area contributed by atoms with Crippen LogP contribution in [0.15, 0.2) is 60.8 Å². The van der Waals surface area contributed by atoms with Crippen molar-refractivity contribution in [2.75, 3.05) is 19.5 Å². The van der Waals surface area contributed by atoms with E-state index in [0.717, 1.165) is 5.56 Å². The first-order chi connectivity index (χ1) is 13.2. The van der Waals surface area contributed by atoms with Gasteiger partial charge in [0, 0.05) is 12.1 Å². The highest BCUT2D eigenvalue weighted by Gasteiger charge is 2.07. The van der Waals surface area contributed by atoms with Crippen molar-refractivity contribution in [2.24, 2.45) is 0 Å². The molecule has 3 aromatic rings. The highest BCUT2D eigenvalue weighted by Crippen LogP contribution is 2.28. The monoisotopic (exact) mass is 364 g/mol. The number of nitrogens with one attached hydrogen (secondary N) is 1. The molecule has 1 N–H and O–H groups in total. The third kappa shape index (κ3) is 4.94. The minimum absolute atomic E-state index is 0.295. The Bertz CT molecular complexity index is 935. The number of carbonyl (C=O) groups excluding carboxylic acids is 1. The van der Waals surface area contributed by atoms with Gasteiger partial charge in [-0.1, -0.05) is 35.5 Å². The normalized spacial score (nSPS) is 10.7. The molecule has 0 unspecified atom stereocenters. The number of rotatable bonds is 7. The van der Waals surface area contributed by atoms with E-state index in [4.69, 9.17) is 9.47 Å². The summed E-state index contributed by atoms with van der Waals surface area (Å²) < 4.78 is 12.1. The summed E-state index contributed by atoms with van der Waals surface area (Å²) in [5, 5.41) is 10.9. The lowest BCUT2D eigenvalue weighted by Gasteiger charge is -2.10. The van der Waals surface area contributed by atoms with E-state index in [2.05, 4.69) is 15.6 Å². The quantitative estimate of drug-likeness (QED) is 0.652. The number of hydrogen-bond acceptors (Lipinski definition) is 5. The molecule has 1 amide bonds. The largest absolute Gasteiger partial charge is 0.497 e. The predicted molar refractivity (Wildman–Crippen MR) is 103 cm³/mol. The second kappa shape index (κ2) is 8.66. The highest BCUT2D eigenvalue weighted by atomic mass is 16.5. The van der Waals surface area contributed by atoms with Gasteiger partial charge in [-0.25, -0.2) is 4.68 Å². The Kier molecular flexibility index (Phi) is 5.84. The zero-order valence-corrected chi connectivity index (χ0v) is 15.1. The number of nitrogens with zero attached hydrogens (tertiary/aromatic N) is 3. The van der Waals surface area contributed by atoms with Crippen LogP contribution in [0, 0.1) is 0 Å². The number of ether oxygens (including phenoxy) is 2. The Morgan fingerprint density at radius 2 is 1.96 bits per heavy atom. The van der Waals surface area contributed by atoms with Crippen molar-refractivity contribution in [3.8, 4) is 11.5 Å². The molecule has 0 spiro atoms. The van der Waals surface area contributed by atoms with E-state index in [0.29, 0.717) is 29.4 Å². The van der Waals surface area contributed by atoms with Crippen LogP contribution in [0.5, 0.6) is 11.5 Å². The summed E-state index contributed by atoms with van der Waals surface area (Å²) in [6, 6.07) is 15.1. The van der Waals surface area contributed by atoms with E-state index in [1.54, 1.807) is 42.3 Å². The minimum Gasteiger partial charge on any atom is -0.497 e. The van der Waals surface area contributed by atoms with Crippen molar-refractivity contribution in [2.45, 2.75) is 6.54 Å². The molecule has 2 aromatic carbocycles. The minimum atomic E-state index is -0.295. The Hall–Kier alpha value is -3.61. The molecule has 0 saturated carbocycles. The molecule has 0 radical (unpaired) electrons. The summed E-state index contributed by atoms with van der Waals surface area (Å²) in [4.78, 5) is 12.2. The predicted octanol–water partition coefficient (Wildman–Crippen LogP) is 3.00. The molecular weight excluding hydrogens is 344 g/mol. The van der Waals surface area contributed by atoms with Crippen LogP contribution < -0.4 is 14.8 Å². The summed E-state index contributed by atoms with van der Waals surface area (Å²) in [5.41, 5.74) is 2.28. The Labute approximate surface area is 157 Å². The van der Waals surface area contributed by atoms with Crippen LogP contribution in [0.4, 0.5) is 5.69 Å². The molecule has 0 atom stereocenters. The molecular formula is C20H20N4O3. The molecule has 0 fully saturated rings. The van der Waals surface area contributed by atoms with Gasteiger partial charge in [0.05, 0.1) is 32.6 Å². The van der Waals surface area contributed by atoms with Gasteiger partial charge < -0.3 is 14.8 Å². The van der Waals surface area contributed by atoms with Crippen LogP contribution in [0.2, 0.25) is 0 Å². The fourth-order valence-corrected chi connectivity index (χ4v) is 2.47. The van der Waals surface area contributed by atoms with E-state index < -0.39 is 0 Å². The zero-order valence-electron chi connectivity index (χ0n) is 15.1. The van der Waals surface area contributed by atoms with Gasteiger partial charge in [-0.3, -0.25) is 4.79 Å². The van der Waals surface area contributed by atoms with Crippen molar-refractivity contribution in [3.63, 3.8) is 0 Å². The molecule has 0 aliphatic heterocycles. The number of anilines is 1. The molecule has 7 heteroatoms. The smallest absolute Gasteiger partial charge is 0.248 e. The number of benzene rings is 2. The van der Waals surface area contributed by atoms with Gasteiger partial charge in [0.25, 0.3) is 0 Å². The molecule has 0 aliphatic carbocycles. The maximum absolute atomic E-state index is 12.2. The molecule has 0 aliphatic rings. The standard InChI is InChI=1S/C20H20N4O3/c1-26-17-9-10-18(19(12-17)27-2)21-20(25)11-8-16-14-24(23-22-16)13-15-6-4-3-5-7-15/h3-12,14H,13H2,1-2H3,(H,21,25)/b11-8+. The average Bonchev–Trinajstić information content (AvgIpc) is 3.15. The fraction of sp³-hybridized carbons (Fsp3) is 0.150. The number of carbonyl (C=O) groups is 1. The number of methoxy groups -OCH3 is 2. The van der Waals surface area contributed by atoms with Crippen molar-refractivity contribution < 1.29 is 14.3 Å². The second-order valence-electron chi connectivity index (χ2n) is 5.72. The topological polar surface area (TPSA) is 78.3 Å². The molecule has 1 aromatic heterocycles. The van der Waals surface area contributed by atoms with Gasteiger partial charge in [-0.05, 0) is 23.8 Å². The van der Waals surface area contributed by atoms with Crippen LogP contribution in [-0.2, 0) is 11.3 Å². The van der Waals surface area contributed by atoms with E-state index in [1.165, 1.54) is 13.2 Å². The van der Waals surface area contributed by atoms with E-state index in [9.17, 15) is 4.79 Å².